The molecule has 1 heterocycles. The normalized spacial score (nSPS) is 30.6. The number of likely N-dealkylation sites (tertiary alicyclic amines) is 1. The van der Waals surface area contributed by atoms with Crippen LogP contribution in [0.4, 0.5) is 0 Å². The van der Waals surface area contributed by atoms with Gasteiger partial charge in [-0.05, 0) is 0 Å². The van der Waals surface area contributed by atoms with Gasteiger partial charge in [0.25, 0.3) is 0 Å². The number of hydrogen-bond acceptors (Lipinski definition) is 5. The number of nitrogens with zero attached hydrogens (tertiary/aromatic N) is 1. The molecule has 0 saturated carbocycles. The highest BCUT2D eigenvalue weighted by atomic mass is 16.5. The van der Waals surface area contributed by atoms with E-state index in [0.717, 1.165) is 0 Å². The Balaban J connectivity index is 2.57. The van der Waals surface area contributed by atoms with E-state index in [4.69, 9.17) is 5.11 Å². The zero-order chi connectivity index (χ0) is 9.14. The first-order valence-electron chi connectivity index (χ1n) is 3.79. The predicted molar refractivity (Wildman–Crippen MR) is 40.2 cm³/mol. The molecule has 0 spiro atoms. The predicted octanol–water partition coefficient (Wildman–Crippen LogP) is -1.46. The summed E-state index contributed by atoms with van der Waals surface area (Å²) >= 11 is 0. The molecule has 0 amide bonds. The van der Waals surface area contributed by atoms with Gasteiger partial charge in [-0.2, -0.15) is 0 Å². The number of aliphatic hydroxyl groups excluding tert-OH is 2. The molecule has 5 nitrogen and oxygen atoms in total. The van der Waals surface area contributed by atoms with Gasteiger partial charge in [-0.1, -0.05) is 0 Å². The van der Waals surface area contributed by atoms with E-state index in [1.165, 1.54) is 12.0 Å². The maximum Gasteiger partial charge on any atom is 0.323 e. The SMILES string of the molecule is COC(=O)C1CC(O)CN1CO. The molecule has 1 fully saturated rings. The summed E-state index contributed by atoms with van der Waals surface area (Å²) in [6.45, 7) is 0.104. The van der Waals surface area contributed by atoms with E-state index in [-0.39, 0.29) is 6.73 Å². The molecule has 0 aromatic rings. The lowest BCUT2D eigenvalue weighted by Gasteiger charge is -2.18. The molecule has 5 heteroatoms. The van der Waals surface area contributed by atoms with Crippen molar-refractivity contribution in [3.8, 4) is 0 Å². The monoisotopic (exact) mass is 175 g/mol. The summed E-state index contributed by atoms with van der Waals surface area (Å²) in [5.41, 5.74) is 0. The van der Waals surface area contributed by atoms with Gasteiger partial charge in [0.05, 0.1) is 19.9 Å². The quantitative estimate of drug-likeness (QED) is 0.502. The molecule has 1 aliphatic heterocycles. The van der Waals surface area contributed by atoms with E-state index in [1.54, 1.807) is 0 Å². The third-order valence-electron chi connectivity index (χ3n) is 2.04. The number of ether oxygens (including phenoxy) is 1. The summed E-state index contributed by atoms with van der Waals surface area (Å²) in [5, 5.41) is 18.0. The maximum absolute atomic E-state index is 11.0. The second kappa shape index (κ2) is 3.84. The van der Waals surface area contributed by atoms with Crippen LogP contribution >= 0.6 is 0 Å². The van der Waals surface area contributed by atoms with Crippen molar-refractivity contribution in [1.82, 2.24) is 4.90 Å². The standard InChI is InChI=1S/C7H13NO4/c1-12-7(11)6-2-5(10)3-8(6)4-9/h5-6,9-10H,2-4H2,1H3. The number of esters is 1. The fourth-order valence-corrected chi connectivity index (χ4v) is 1.42. The zero-order valence-electron chi connectivity index (χ0n) is 6.93. The summed E-state index contributed by atoms with van der Waals surface area (Å²) in [6, 6.07) is -0.491. The lowest BCUT2D eigenvalue weighted by Crippen LogP contribution is -2.37. The van der Waals surface area contributed by atoms with E-state index >= 15 is 0 Å². The minimum atomic E-state index is -0.541. The van der Waals surface area contributed by atoms with Gasteiger partial charge in [-0.25, -0.2) is 0 Å². The summed E-state index contributed by atoms with van der Waals surface area (Å²) in [5.74, 6) is -0.402. The highest BCUT2D eigenvalue weighted by molar-refractivity contribution is 5.76. The molecule has 0 aliphatic carbocycles. The van der Waals surface area contributed by atoms with Gasteiger partial charge in [0, 0.05) is 13.0 Å². The minimum Gasteiger partial charge on any atom is -0.468 e. The molecule has 0 aromatic heterocycles. The molecule has 0 radical (unpaired) electrons. The second-order valence-corrected chi connectivity index (χ2v) is 2.84. The lowest BCUT2D eigenvalue weighted by atomic mass is 10.2. The van der Waals surface area contributed by atoms with Crippen molar-refractivity contribution in [2.45, 2.75) is 18.6 Å². The van der Waals surface area contributed by atoms with Crippen LogP contribution in [-0.2, 0) is 9.53 Å². The number of rotatable bonds is 2. The second-order valence-electron chi connectivity index (χ2n) is 2.84. The Labute approximate surface area is 70.5 Å². The Bertz CT molecular complexity index is 173. The van der Waals surface area contributed by atoms with E-state index in [9.17, 15) is 9.90 Å². The first kappa shape index (κ1) is 9.44. The molecule has 1 aliphatic rings. The Kier molecular flexibility index (Phi) is 3.02. The van der Waals surface area contributed by atoms with E-state index in [2.05, 4.69) is 4.74 Å². The van der Waals surface area contributed by atoms with Crippen LogP contribution in [0, 0.1) is 0 Å². The molecule has 2 unspecified atom stereocenters. The van der Waals surface area contributed by atoms with E-state index in [1.807, 2.05) is 0 Å². The third-order valence-corrected chi connectivity index (χ3v) is 2.04. The van der Waals surface area contributed by atoms with Crippen LogP contribution in [0.3, 0.4) is 0 Å². The van der Waals surface area contributed by atoms with Gasteiger partial charge in [-0.3, -0.25) is 9.69 Å². The summed E-state index contributed by atoms with van der Waals surface area (Å²) in [7, 11) is 1.29. The molecule has 2 atom stereocenters. The summed E-state index contributed by atoms with van der Waals surface area (Å²) in [6.07, 6.45) is -0.200. The number of aliphatic hydroxyl groups is 2. The van der Waals surface area contributed by atoms with E-state index in [0.29, 0.717) is 13.0 Å². The number of carbonyl (C=O) groups is 1. The van der Waals surface area contributed by atoms with Crippen molar-refractivity contribution in [1.29, 1.82) is 0 Å². The molecule has 70 valence electrons. The largest absolute Gasteiger partial charge is 0.468 e. The van der Waals surface area contributed by atoms with Crippen molar-refractivity contribution in [3.05, 3.63) is 0 Å². The Hall–Kier alpha value is -0.650. The highest BCUT2D eigenvalue weighted by Crippen LogP contribution is 2.17. The minimum absolute atomic E-state index is 0.225. The van der Waals surface area contributed by atoms with E-state index < -0.39 is 18.1 Å². The topological polar surface area (TPSA) is 70.0 Å². The first-order chi connectivity index (χ1) is 5.69. The highest BCUT2D eigenvalue weighted by Gasteiger charge is 2.35. The van der Waals surface area contributed by atoms with Gasteiger partial charge < -0.3 is 14.9 Å². The average molecular weight is 175 g/mol. The van der Waals surface area contributed by atoms with Crippen LogP contribution in [0.15, 0.2) is 0 Å². The van der Waals surface area contributed by atoms with Crippen LogP contribution in [0.5, 0.6) is 0 Å². The van der Waals surface area contributed by atoms with Crippen LogP contribution in [-0.4, -0.2) is 53.6 Å². The fraction of sp³-hybridized carbons (Fsp3) is 0.857. The maximum atomic E-state index is 11.0. The van der Waals surface area contributed by atoms with Gasteiger partial charge in [-0.15, -0.1) is 0 Å². The Morgan fingerprint density at radius 2 is 2.42 bits per heavy atom. The van der Waals surface area contributed by atoms with Crippen molar-refractivity contribution in [2.24, 2.45) is 0 Å². The van der Waals surface area contributed by atoms with Gasteiger partial charge in [0.15, 0.2) is 0 Å². The summed E-state index contributed by atoms with van der Waals surface area (Å²) < 4.78 is 4.51. The average Bonchev–Trinajstić information content (AvgIpc) is 2.45. The van der Waals surface area contributed by atoms with Crippen molar-refractivity contribution in [3.63, 3.8) is 0 Å². The van der Waals surface area contributed by atoms with Crippen LogP contribution in [0.1, 0.15) is 6.42 Å². The van der Waals surface area contributed by atoms with Crippen molar-refractivity contribution in [2.75, 3.05) is 20.4 Å². The molecule has 1 saturated heterocycles. The fourth-order valence-electron chi connectivity index (χ4n) is 1.42. The number of β-amino-alcohol motifs (C(OH)–C–C–N with tert-alkyl or cyclic N) is 1. The van der Waals surface area contributed by atoms with Gasteiger partial charge >= 0.3 is 5.97 Å². The zero-order valence-corrected chi connectivity index (χ0v) is 6.93. The third kappa shape index (κ3) is 1.74. The molecular formula is C7H13NO4. The molecule has 1 rings (SSSR count). The number of carbonyl (C=O) groups excluding carboxylic acids is 1. The van der Waals surface area contributed by atoms with Crippen LogP contribution < -0.4 is 0 Å². The number of methoxy groups -OCH3 is 1. The molecule has 0 bridgehead atoms. The van der Waals surface area contributed by atoms with Gasteiger partial charge in [0.1, 0.15) is 6.04 Å². The first-order valence-corrected chi connectivity index (χ1v) is 3.79. The van der Waals surface area contributed by atoms with Crippen molar-refractivity contribution < 1.29 is 19.7 Å². The number of hydrogen-bond donors (Lipinski definition) is 2. The summed E-state index contributed by atoms with van der Waals surface area (Å²) in [4.78, 5) is 12.5. The Morgan fingerprint density at radius 3 is 2.92 bits per heavy atom. The Morgan fingerprint density at radius 1 is 1.75 bits per heavy atom. The molecule has 2 N–H and O–H groups in total. The van der Waals surface area contributed by atoms with Crippen LogP contribution in [0.2, 0.25) is 0 Å². The molecule has 12 heavy (non-hydrogen) atoms. The smallest absolute Gasteiger partial charge is 0.323 e. The molecular weight excluding hydrogens is 162 g/mol. The molecule has 0 aromatic carbocycles. The van der Waals surface area contributed by atoms with Gasteiger partial charge in [0.2, 0.25) is 0 Å². The van der Waals surface area contributed by atoms with Crippen LogP contribution in [0.25, 0.3) is 0 Å². The van der Waals surface area contributed by atoms with Crippen molar-refractivity contribution >= 4 is 5.97 Å². The lowest BCUT2D eigenvalue weighted by molar-refractivity contribution is -0.147.